The molecule has 0 amide bonds. The lowest BCUT2D eigenvalue weighted by Crippen LogP contribution is -2.50. The second kappa shape index (κ2) is 8.97. The van der Waals surface area contributed by atoms with Crippen molar-refractivity contribution in [2.75, 3.05) is 13.1 Å². The molecule has 5 rings (SSSR count). The minimum Gasteiger partial charge on any atom is -0.282 e. The summed E-state index contributed by atoms with van der Waals surface area (Å²) in [6.07, 6.45) is 6.45. The highest BCUT2D eigenvalue weighted by atomic mass is 15.3. The van der Waals surface area contributed by atoms with Crippen LogP contribution >= 0.6 is 0 Å². The van der Waals surface area contributed by atoms with Crippen molar-refractivity contribution in [1.82, 2.24) is 14.7 Å². The van der Waals surface area contributed by atoms with Crippen LogP contribution in [0.25, 0.3) is 6.08 Å². The highest BCUT2D eigenvalue weighted by Crippen LogP contribution is 2.44. The largest absolute Gasteiger partial charge is 0.282 e. The molecule has 3 nitrogen and oxygen atoms in total. The molecule has 160 valence electrons. The van der Waals surface area contributed by atoms with Crippen molar-refractivity contribution in [1.29, 1.82) is 0 Å². The smallest absolute Gasteiger partial charge is 0.0975 e. The Labute approximate surface area is 190 Å². The second-order valence-electron chi connectivity index (χ2n) is 8.52. The molecule has 1 aliphatic rings. The Kier molecular flexibility index (Phi) is 5.74. The Morgan fingerprint density at radius 2 is 1.28 bits per heavy atom. The van der Waals surface area contributed by atoms with Crippen molar-refractivity contribution < 1.29 is 0 Å². The van der Waals surface area contributed by atoms with Gasteiger partial charge in [0.15, 0.2) is 0 Å². The van der Waals surface area contributed by atoms with Crippen LogP contribution in [-0.2, 0) is 12.6 Å². The van der Waals surface area contributed by atoms with Gasteiger partial charge in [-0.2, -0.15) is 5.10 Å². The molecule has 0 atom stereocenters. The molecular formula is C29H29N3. The summed E-state index contributed by atoms with van der Waals surface area (Å²) in [5.41, 5.74) is 6.17. The van der Waals surface area contributed by atoms with Gasteiger partial charge in [-0.1, -0.05) is 96.6 Å². The second-order valence-corrected chi connectivity index (χ2v) is 8.52. The molecule has 32 heavy (non-hydrogen) atoms. The zero-order valence-electron chi connectivity index (χ0n) is 18.6. The zero-order valence-corrected chi connectivity index (χ0v) is 18.6. The van der Waals surface area contributed by atoms with Crippen molar-refractivity contribution in [2.24, 2.45) is 7.05 Å². The predicted octanol–water partition coefficient (Wildman–Crippen LogP) is 5.89. The van der Waals surface area contributed by atoms with Gasteiger partial charge in [0.25, 0.3) is 0 Å². The molecule has 2 heterocycles. The maximum atomic E-state index is 4.35. The average molecular weight is 420 g/mol. The number of hydrogen-bond donors (Lipinski definition) is 0. The number of hydrogen-bond acceptors (Lipinski definition) is 2. The van der Waals surface area contributed by atoms with Crippen LogP contribution in [0.1, 0.15) is 35.2 Å². The average Bonchev–Trinajstić information content (AvgIpc) is 3.26. The Morgan fingerprint density at radius 1 is 0.750 bits per heavy atom. The SMILES string of the molecule is Cn1nccc1/C=C1\CCCN(C(c2ccccc2)(c2ccccc2)c2ccccc2)C1. The van der Waals surface area contributed by atoms with Gasteiger partial charge in [-0.05, 0) is 41.7 Å². The summed E-state index contributed by atoms with van der Waals surface area (Å²) in [7, 11) is 2.01. The zero-order chi connectivity index (χ0) is 21.8. The maximum Gasteiger partial charge on any atom is 0.0975 e. The molecule has 0 aliphatic carbocycles. The lowest BCUT2D eigenvalue weighted by Gasteiger charge is -2.48. The van der Waals surface area contributed by atoms with E-state index in [-0.39, 0.29) is 5.54 Å². The fraction of sp³-hybridized carbons (Fsp3) is 0.207. The molecule has 4 aromatic rings. The van der Waals surface area contributed by atoms with Gasteiger partial charge in [-0.25, -0.2) is 0 Å². The van der Waals surface area contributed by atoms with E-state index in [1.807, 2.05) is 17.9 Å². The van der Waals surface area contributed by atoms with Gasteiger partial charge in [0.05, 0.1) is 11.2 Å². The molecule has 3 aromatic carbocycles. The van der Waals surface area contributed by atoms with Gasteiger partial charge in [0, 0.05) is 26.3 Å². The van der Waals surface area contributed by atoms with E-state index < -0.39 is 0 Å². The normalized spacial score (nSPS) is 16.3. The van der Waals surface area contributed by atoms with E-state index in [1.54, 1.807) is 0 Å². The molecule has 0 unspecified atom stereocenters. The van der Waals surface area contributed by atoms with E-state index in [9.17, 15) is 0 Å². The standard InChI is InChI=1S/C29H29N3/c1-31-28(19-20-30-31)22-24-12-11-21-32(23-24)29(25-13-5-2-6-14-25,26-15-7-3-8-16-26)27-17-9-4-10-18-27/h2-10,13-20,22H,11-12,21,23H2,1H3/b24-22+. The van der Waals surface area contributed by atoms with Crippen LogP contribution in [0.5, 0.6) is 0 Å². The Hall–Kier alpha value is -3.43. The quantitative estimate of drug-likeness (QED) is 0.376. The third-order valence-corrected chi connectivity index (χ3v) is 6.58. The van der Waals surface area contributed by atoms with Crippen LogP contribution < -0.4 is 0 Å². The van der Waals surface area contributed by atoms with Crippen LogP contribution in [0.15, 0.2) is 109 Å². The van der Waals surface area contributed by atoms with E-state index >= 15 is 0 Å². The highest BCUT2D eigenvalue weighted by molar-refractivity contribution is 5.53. The fourth-order valence-electron chi connectivity index (χ4n) is 5.13. The van der Waals surface area contributed by atoms with Gasteiger partial charge in [0.1, 0.15) is 0 Å². The molecule has 0 radical (unpaired) electrons. The Morgan fingerprint density at radius 3 is 1.75 bits per heavy atom. The predicted molar refractivity (Wildman–Crippen MR) is 131 cm³/mol. The van der Waals surface area contributed by atoms with Gasteiger partial charge >= 0.3 is 0 Å². The van der Waals surface area contributed by atoms with Crippen molar-refractivity contribution in [2.45, 2.75) is 18.4 Å². The first-order valence-electron chi connectivity index (χ1n) is 11.4. The summed E-state index contributed by atoms with van der Waals surface area (Å²) in [6, 6.07) is 35.0. The number of piperidine rings is 1. The summed E-state index contributed by atoms with van der Waals surface area (Å²) < 4.78 is 1.95. The molecule has 0 N–H and O–H groups in total. The first-order valence-corrected chi connectivity index (χ1v) is 11.4. The topological polar surface area (TPSA) is 21.1 Å². The van der Waals surface area contributed by atoms with E-state index in [0.29, 0.717) is 0 Å². The minimum atomic E-state index is -0.351. The number of aromatic nitrogens is 2. The minimum absolute atomic E-state index is 0.351. The van der Waals surface area contributed by atoms with Crippen molar-refractivity contribution in [3.05, 3.63) is 131 Å². The van der Waals surface area contributed by atoms with Gasteiger partial charge in [0.2, 0.25) is 0 Å². The molecule has 1 fully saturated rings. The van der Waals surface area contributed by atoms with E-state index in [0.717, 1.165) is 31.6 Å². The summed E-state index contributed by atoms with van der Waals surface area (Å²) in [4.78, 5) is 2.67. The molecule has 0 spiro atoms. The van der Waals surface area contributed by atoms with Crippen molar-refractivity contribution >= 4 is 6.08 Å². The summed E-state index contributed by atoms with van der Waals surface area (Å²) in [5.74, 6) is 0. The number of likely N-dealkylation sites (tertiary alicyclic amines) is 1. The Balaban J connectivity index is 1.69. The molecule has 1 aromatic heterocycles. The van der Waals surface area contributed by atoms with Crippen LogP contribution in [-0.4, -0.2) is 27.8 Å². The first kappa shape index (κ1) is 20.5. The monoisotopic (exact) mass is 419 g/mol. The Bertz CT molecular complexity index is 1080. The summed E-state index contributed by atoms with van der Waals surface area (Å²) in [6.45, 7) is 1.96. The molecule has 0 bridgehead atoms. The van der Waals surface area contributed by atoms with Gasteiger partial charge in [-0.15, -0.1) is 0 Å². The van der Waals surface area contributed by atoms with Gasteiger partial charge in [-0.3, -0.25) is 9.58 Å². The van der Waals surface area contributed by atoms with Crippen LogP contribution in [0.3, 0.4) is 0 Å². The molecule has 1 saturated heterocycles. The lowest BCUT2D eigenvalue weighted by atomic mass is 9.74. The maximum absolute atomic E-state index is 4.35. The molecular weight excluding hydrogens is 390 g/mol. The third kappa shape index (κ3) is 3.69. The number of nitrogens with zero attached hydrogens (tertiary/aromatic N) is 3. The van der Waals surface area contributed by atoms with E-state index in [1.165, 1.54) is 22.3 Å². The summed E-state index contributed by atoms with van der Waals surface area (Å²) >= 11 is 0. The van der Waals surface area contributed by atoms with Crippen molar-refractivity contribution in [3.8, 4) is 0 Å². The molecule has 0 saturated carbocycles. The number of rotatable bonds is 5. The number of aryl methyl sites for hydroxylation is 1. The van der Waals surface area contributed by atoms with Crippen LogP contribution in [0.4, 0.5) is 0 Å². The first-order chi connectivity index (χ1) is 15.8. The van der Waals surface area contributed by atoms with Crippen molar-refractivity contribution in [3.63, 3.8) is 0 Å². The highest BCUT2D eigenvalue weighted by Gasteiger charge is 2.42. The number of benzene rings is 3. The van der Waals surface area contributed by atoms with E-state index in [2.05, 4.69) is 113 Å². The molecule has 1 aliphatic heterocycles. The van der Waals surface area contributed by atoms with E-state index in [4.69, 9.17) is 0 Å². The fourth-order valence-corrected chi connectivity index (χ4v) is 5.13. The lowest BCUT2D eigenvalue weighted by molar-refractivity contribution is 0.153. The molecule has 3 heteroatoms. The third-order valence-electron chi connectivity index (χ3n) is 6.58. The van der Waals surface area contributed by atoms with Gasteiger partial charge < -0.3 is 0 Å². The van der Waals surface area contributed by atoms with Crippen LogP contribution in [0, 0.1) is 0 Å². The summed E-state index contributed by atoms with van der Waals surface area (Å²) in [5, 5.41) is 4.35. The van der Waals surface area contributed by atoms with Crippen LogP contribution in [0.2, 0.25) is 0 Å².